The number of rotatable bonds is 8. The van der Waals surface area contributed by atoms with Gasteiger partial charge in [-0.25, -0.2) is 8.42 Å². The number of para-hydroxylation sites is 1. The second kappa shape index (κ2) is 9.57. The smallest absolute Gasteiger partial charge is 0.270 e. The third kappa shape index (κ3) is 5.21. The Labute approximate surface area is 190 Å². The van der Waals surface area contributed by atoms with E-state index >= 15 is 0 Å². The second-order valence-electron chi connectivity index (χ2n) is 6.88. The summed E-state index contributed by atoms with van der Waals surface area (Å²) in [5, 5.41) is 13.7. The molecule has 0 radical (unpaired) electrons. The minimum Gasteiger partial charge on any atom is -0.493 e. The number of nitrogens with one attached hydrogen (secondary N) is 2. The molecule has 3 rings (SSSR count). The van der Waals surface area contributed by atoms with E-state index in [0.717, 1.165) is 6.07 Å². The minimum atomic E-state index is -4.20. The van der Waals surface area contributed by atoms with Crippen molar-refractivity contribution in [2.24, 2.45) is 0 Å². The van der Waals surface area contributed by atoms with E-state index in [9.17, 15) is 23.3 Å². The van der Waals surface area contributed by atoms with Crippen LogP contribution < -0.4 is 19.5 Å². The number of benzene rings is 3. The van der Waals surface area contributed by atoms with E-state index < -0.39 is 20.9 Å². The Morgan fingerprint density at radius 1 is 0.939 bits per heavy atom. The van der Waals surface area contributed by atoms with E-state index in [2.05, 4.69) is 10.0 Å². The molecule has 0 spiro atoms. The zero-order valence-corrected chi connectivity index (χ0v) is 18.8. The van der Waals surface area contributed by atoms with Gasteiger partial charge in [0.1, 0.15) is 0 Å². The Bertz CT molecular complexity index is 1320. The number of nitro groups is 1. The van der Waals surface area contributed by atoms with Crippen LogP contribution in [0.1, 0.15) is 15.9 Å². The van der Waals surface area contributed by atoms with Crippen LogP contribution in [0, 0.1) is 17.0 Å². The lowest BCUT2D eigenvalue weighted by molar-refractivity contribution is -0.385. The summed E-state index contributed by atoms with van der Waals surface area (Å²) in [7, 11) is -1.23. The molecule has 0 aliphatic carbocycles. The first-order valence-electron chi connectivity index (χ1n) is 9.56. The monoisotopic (exact) mass is 471 g/mol. The van der Waals surface area contributed by atoms with Gasteiger partial charge in [-0.1, -0.05) is 18.2 Å². The highest BCUT2D eigenvalue weighted by Crippen LogP contribution is 2.33. The summed E-state index contributed by atoms with van der Waals surface area (Å²) in [6.07, 6.45) is 0. The SMILES string of the molecule is COc1cc(C)c(NC(=O)c2ccccc2NS(=O)(=O)c2cccc([N+](=O)[O-])c2)cc1OC. The van der Waals surface area contributed by atoms with Crippen LogP contribution in [0.25, 0.3) is 0 Å². The van der Waals surface area contributed by atoms with Crippen molar-refractivity contribution in [1.29, 1.82) is 0 Å². The molecule has 3 aromatic carbocycles. The van der Waals surface area contributed by atoms with E-state index in [4.69, 9.17) is 9.47 Å². The number of nitro benzene ring substituents is 1. The molecule has 0 aliphatic rings. The highest BCUT2D eigenvalue weighted by Gasteiger charge is 2.21. The topological polar surface area (TPSA) is 137 Å². The number of nitrogens with zero attached hydrogens (tertiary/aromatic N) is 1. The molecule has 0 fully saturated rings. The number of hydrogen-bond donors (Lipinski definition) is 2. The van der Waals surface area contributed by atoms with Gasteiger partial charge in [-0.2, -0.15) is 0 Å². The first kappa shape index (κ1) is 23.5. The predicted molar refractivity (Wildman–Crippen MR) is 123 cm³/mol. The third-order valence-corrected chi connectivity index (χ3v) is 6.10. The number of amides is 1. The van der Waals surface area contributed by atoms with E-state index in [1.54, 1.807) is 31.2 Å². The molecule has 0 aliphatic heterocycles. The second-order valence-corrected chi connectivity index (χ2v) is 8.56. The molecule has 33 heavy (non-hydrogen) atoms. The molecule has 2 N–H and O–H groups in total. The lowest BCUT2D eigenvalue weighted by Gasteiger charge is -2.15. The van der Waals surface area contributed by atoms with Gasteiger partial charge in [-0.3, -0.25) is 19.6 Å². The Hall–Kier alpha value is -4.12. The van der Waals surface area contributed by atoms with Crippen LogP contribution in [-0.4, -0.2) is 33.5 Å². The van der Waals surface area contributed by atoms with Crippen LogP contribution >= 0.6 is 0 Å². The van der Waals surface area contributed by atoms with Gasteiger partial charge in [0.2, 0.25) is 0 Å². The molecule has 0 bridgehead atoms. The summed E-state index contributed by atoms with van der Waals surface area (Å²) >= 11 is 0. The maximum atomic E-state index is 13.0. The molecular weight excluding hydrogens is 450 g/mol. The molecule has 3 aromatic rings. The summed E-state index contributed by atoms with van der Waals surface area (Å²) in [5.74, 6) is 0.346. The fourth-order valence-corrected chi connectivity index (χ4v) is 4.16. The molecule has 0 unspecified atom stereocenters. The zero-order chi connectivity index (χ0) is 24.2. The van der Waals surface area contributed by atoms with E-state index in [1.807, 2.05) is 0 Å². The quantitative estimate of drug-likeness (QED) is 0.374. The Kier molecular flexibility index (Phi) is 6.83. The van der Waals surface area contributed by atoms with Crippen molar-refractivity contribution in [2.75, 3.05) is 24.3 Å². The summed E-state index contributed by atoms with van der Waals surface area (Å²) < 4.78 is 38.5. The first-order valence-corrected chi connectivity index (χ1v) is 11.0. The number of non-ortho nitro benzene ring substituents is 1. The first-order chi connectivity index (χ1) is 15.7. The standard InChI is InChI=1S/C22H21N3O7S/c1-14-11-20(31-2)21(32-3)13-19(14)23-22(26)17-9-4-5-10-18(17)24-33(29,30)16-8-6-7-15(12-16)25(27)28/h4-13,24H,1-3H3,(H,23,26). The lowest BCUT2D eigenvalue weighted by Crippen LogP contribution is -2.19. The number of ether oxygens (including phenoxy) is 2. The Balaban J connectivity index is 1.91. The number of sulfonamides is 1. The van der Waals surface area contributed by atoms with Crippen molar-refractivity contribution in [2.45, 2.75) is 11.8 Å². The third-order valence-electron chi connectivity index (χ3n) is 4.73. The summed E-state index contributed by atoms with van der Waals surface area (Å²) in [4.78, 5) is 23.0. The highest BCUT2D eigenvalue weighted by molar-refractivity contribution is 7.92. The minimum absolute atomic E-state index is 0.0136. The maximum Gasteiger partial charge on any atom is 0.270 e. The number of aryl methyl sites for hydroxylation is 1. The van der Waals surface area contributed by atoms with Crippen LogP contribution in [0.3, 0.4) is 0 Å². The van der Waals surface area contributed by atoms with Crippen molar-refractivity contribution < 1.29 is 27.6 Å². The Morgan fingerprint density at radius 2 is 1.61 bits per heavy atom. The van der Waals surface area contributed by atoms with Gasteiger partial charge < -0.3 is 14.8 Å². The van der Waals surface area contributed by atoms with Crippen LogP contribution in [0.4, 0.5) is 17.1 Å². The fourth-order valence-electron chi connectivity index (χ4n) is 3.04. The summed E-state index contributed by atoms with van der Waals surface area (Å²) in [6, 6.07) is 13.9. The van der Waals surface area contributed by atoms with Gasteiger partial charge in [0.15, 0.2) is 11.5 Å². The molecule has 1 amide bonds. The number of anilines is 2. The van der Waals surface area contributed by atoms with Crippen molar-refractivity contribution in [3.63, 3.8) is 0 Å². The van der Waals surface area contributed by atoms with E-state index in [1.165, 1.54) is 44.6 Å². The lowest BCUT2D eigenvalue weighted by atomic mass is 10.1. The average Bonchev–Trinajstić information content (AvgIpc) is 2.80. The van der Waals surface area contributed by atoms with Crippen LogP contribution in [0.5, 0.6) is 11.5 Å². The molecule has 172 valence electrons. The van der Waals surface area contributed by atoms with Crippen LogP contribution in [0.15, 0.2) is 65.6 Å². The van der Waals surface area contributed by atoms with E-state index in [0.29, 0.717) is 22.7 Å². The van der Waals surface area contributed by atoms with Crippen LogP contribution in [0.2, 0.25) is 0 Å². The number of methoxy groups -OCH3 is 2. The summed E-state index contributed by atoms with van der Waals surface area (Å²) in [5.41, 5.74) is 0.859. The van der Waals surface area contributed by atoms with Gasteiger partial charge >= 0.3 is 0 Å². The van der Waals surface area contributed by atoms with Crippen molar-refractivity contribution >= 4 is 33.0 Å². The average molecular weight is 471 g/mol. The largest absolute Gasteiger partial charge is 0.493 e. The normalized spacial score (nSPS) is 10.9. The molecule has 0 saturated carbocycles. The van der Waals surface area contributed by atoms with Gasteiger partial charge in [0.25, 0.3) is 21.6 Å². The van der Waals surface area contributed by atoms with Crippen LogP contribution in [-0.2, 0) is 10.0 Å². The van der Waals surface area contributed by atoms with Gasteiger partial charge in [-0.15, -0.1) is 0 Å². The molecule has 10 nitrogen and oxygen atoms in total. The predicted octanol–water partition coefficient (Wildman–Crippen LogP) is 3.97. The maximum absolute atomic E-state index is 13.0. The number of carbonyl (C=O) groups excluding carboxylic acids is 1. The van der Waals surface area contributed by atoms with E-state index in [-0.39, 0.29) is 21.8 Å². The molecule has 0 atom stereocenters. The molecule has 0 heterocycles. The van der Waals surface area contributed by atoms with Crippen molar-refractivity contribution in [3.8, 4) is 11.5 Å². The molecule has 11 heteroatoms. The van der Waals surface area contributed by atoms with Gasteiger partial charge in [0.05, 0.1) is 35.3 Å². The van der Waals surface area contributed by atoms with Crippen molar-refractivity contribution in [3.05, 3.63) is 81.9 Å². The molecule has 0 saturated heterocycles. The summed E-state index contributed by atoms with van der Waals surface area (Å²) in [6.45, 7) is 1.77. The molecular formula is C22H21N3O7S. The number of hydrogen-bond acceptors (Lipinski definition) is 7. The molecule has 0 aromatic heterocycles. The van der Waals surface area contributed by atoms with Gasteiger partial charge in [0, 0.05) is 23.9 Å². The van der Waals surface area contributed by atoms with Gasteiger partial charge in [-0.05, 0) is 36.8 Å². The highest BCUT2D eigenvalue weighted by atomic mass is 32.2. The Morgan fingerprint density at radius 3 is 2.27 bits per heavy atom. The zero-order valence-electron chi connectivity index (χ0n) is 18.0. The van der Waals surface area contributed by atoms with Crippen molar-refractivity contribution in [1.82, 2.24) is 0 Å². The number of carbonyl (C=O) groups is 1. The fraction of sp³-hybridized carbons (Fsp3) is 0.136.